The summed E-state index contributed by atoms with van der Waals surface area (Å²) in [7, 11) is 0. The van der Waals surface area contributed by atoms with Crippen molar-refractivity contribution in [2.24, 2.45) is 5.41 Å². The smallest absolute Gasteiger partial charge is 0.310 e. The fourth-order valence-electron chi connectivity index (χ4n) is 2.21. The van der Waals surface area contributed by atoms with Crippen molar-refractivity contribution in [2.45, 2.75) is 71.8 Å². The summed E-state index contributed by atoms with van der Waals surface area (Å²) in [6.07, 6.45) is 6.62. The van der Waals surface area contributed by atoms with Gasteiger partial charge in [-0.1, -0.05) is 47.0 Å². The van der Waals surface area contributed by atoms with E-state index in [1.54, 1.807) is 0 Å². The second kappa shape index (κ2) is 4.54. The van der Waals surface area contributed by atoms with E-state index >= 15 is 0 Å². The molecule has 1 heterocycles. The number of rotatable bonds is 5. The van der Waals surface area contributed by atoms with Crippen LogP contribution in [0.2, 0.25) is 0 Å². The van der Waals surface area contributed by atoms with Gasteiger partial charge in [0.15, 0.2) is 0 Å². The van der Waals surface area contributed by atoms with Crippen LogP contribution in [0, 0.1) is 5.41 Å². The van der Waals surface area contributed by atoms with Gasteiger partial charge < -0.3 is 4.74 Å². The number of cyclic esters (lactones) is 1. The highest BCUT2D eigenvalue weighted by atomic mass is 16.6. The van der Waals surface area contributed by atoms with Crippen LogP contribution in [-0.2, 0) is 9.53 Å². The minimum atomic E-state index is -0.169. The fourth-order valence-corrected chi connectivity index (χ4v) is 2.21. The van der Waals surface area contributed by atoms with Crippen LogP contribution in [0.3, 0.4) is 0 Å². The Morgan fingerprint density at radius 2 is 1.87 bits per heavy atom. The molecule has 88 valence electrons. The largest absolute Gasteiger partial charge is 0.458 e. The summed E-state index contributed by atoms with van der Waals surface area (Å²) in [6, 6.07) is 0. The second-order valence-electron chi connectivity index (χ2n) is 5.71. The lowest BCUT2D eigenvalue weighted by molar-refractivity contribution is -0.215. The Hall–Kier alpha value is -0.530. The number of unbranched alkanes of at least 4 members (excludes halogenated alkanes) is 3. The van der Waals surface area contributed by atoms with E-state index in [-0.39, 0.29) is 17.0 Å². The van der Waals surface area contributed by atoms with Gasteiger partial charge in [0.1, 0.15) is 5.60 Å². The molecule has 0 aromatic heterocycles. The minimum Gasteiger partial charge on any atom is -0.458 e. The van der Waals surface area contributed by atoms with E-state index in [1.165, 1.54) is 25.7 Å². The van der Waals surface area contributed by atoms with Crippen molar-refractivity contribution in [1.29, 1.82) is 0 Å². The highest BCUT2D eigenvalue weighted by Gasteiger charge is 2.53. The molecule has 1 atom stereocenters. The minimum absolute atomic E-state index is 0.0274. The van der Waals surface area contributed by atoms with Crippen LogP contribution in [0.4, 0.5) is 0 Å². The lowest BCUT2D eigenvalue weighted by atomic mass is 9.69. The molecule has 1 fully saturated rings. The fraction of sp³-hybridized carbons (Fsp3) is 0.923. The summed E-state index contributed by atoms with van der Waals surface area (Å²) in [4.78, 5) is 11.0. The van der Waals surface area contributed by atoms with Crippen LogP contribution >= 0.6 is 0 Å². The first-order valence-corrected chi connectivity index (χ1v) is 6.13. The average Bonchev–Trinajstić information content (AvgIpc) is 2.06. The maximum Gasteiger partial charge on any atom is 0.310 e. The maximum absolute atomic E-state index is 11.0. The zero-order valence-corrected chi connectivity index (χ0v) is 10.6. The molecule has 1 aliphatic heterocycles. The molecule has 0 radical (unpaired) electrons. The Morgan fingerprint density at radius 1 is 1.27 bits per heavy atom. The summed E-state index contributed by atoms with van der Waals surface area (Å²) < 4.78 is 5.43. The summed E-state index contributed by atoms with van der Waals surface area (Å²) >= 11 is 0. The molecular formula is C13H24O2. The Balaban J connectivity index is 2.42. The molecule has 1 unspecified atom stereocenters. The Labute approximate surface area is 93.4 Å². The third-order valence-electron chi connectivity index (χ3n) is 3.54. The van der Waals surface area contributed by atoms with E-state index in [1.807, 2.05) is 0 Å². The van der Waals surface area contributed by atoms with Gasteiger partial charge in [0, 0.05) is 5.41 Å². The van der Waals surface area contributed by atoms with Crippen molar-refractivity contribution in [2.75, 3.05) is 0 Å². The van der Waals surface area contributed by atoms with Gasteiger partial charge in [-0.2, -0.15) is 0 Å². The third-order valence-corrected chi connectivity index (χ3v) is 3.54. The van der Waals surface area contributed by atoms with Crippen LogP contribution in [0.1, 0.15) is 66.2 Å². The van der Waals surface area contributed by atoms with E-state index in [9.17, 15) is 4.79 Å². The first-order chi connectivity index (χ1) is 6.91. The van der Waals surface area contributed by atoms with Crippen molar-refractivity contribution in [3.8, 4) is 0 Å². The molecule has 2 nitrogen and oxygen atoms in total. The van der Waals surface area contributed by atoms with Crippen LogP contribution < -0.4 is 0 Å². The SMILES string of the molecule is CCCCCCC1(C(C)(C)C)CC(=O)O1. The Bertz CT molecular complexity index is 217. The molecule has 2 heteroatoms. The normalized spacial score (nSPS) is 26.0. The summed E-state index contributed by atoms with van der Waals surface area (Å²) in [5.74, 6) is -0.0274. The molecule has 0 amide bonds. The molecule has 0 aromatic rings. The third kappa shape index (κ3) is 2.73. The van der Waals surface area contributed by atoms with Gasteiger partial charge in [0.05, 0.1) is 6.42 Å². The molecule has 1 aliphatic rings. The van der Waals surface area contributed by atoms with Crippen molar-refractivity contribution in [1.82, 2.24) is 0 Å². The van der Waals surface area contributed by atoms with Gasteiger partial charge in [-0.3, -0.25) is 4.79 Å². The molecule has 1 rings (SSSR count). The Kier molecular flexibility index (Phi) is 3.80. The monoisotopic (exact) mass is 212 g/mol. The van der Waals surface area contributed by atoms with Crippen LogP contribution in [0.5, 0.6) is 0 Å². The number of hydrogen-bond donors (Lipinski definition) is 0. The van der Waals surface area contributed by atoms with E-state index in [2.05, 4.69) is 27.7 Å². The van der Waals surface area contributed by atoms with Crippen molar-refractivity contribution >= 4 is 5.97 Å². The van der Waals surface area contributed by atoms with E-state index in [0.29, 0.717) is 6.42 Å². The lowest BCUT2D eigenvalue weighted by Gasteiger charge is -2.50. The van der Waals surface area contributed by atoms with E-state index in [4.69, 9.17) is 4.74 Å². The molecule has 15 heavy (non-hydrogen) atoms. The molecule has 1 saturated heterocycles. The number of carbonyl (C=O) groups excluding carboxylic acids is 1. The first-order valence-electron chi connectivity index (χ1n) is 6.13. The van der Waals surface area contributed by atoms with Gasteiger partial charge in [-0.25, -0.2) is 0 Å². The number of hydrogen-bond acceptors (Lipinski definition) is 2. The molecule has 0 aromatic carbocycles. The highest BCUT2D eigenvalue weighted by Crippen LogP contribution is 2.46. The number of ether oxygens (including phenoxy) is 1. The lowest BCUT2D eigenvalue weighted by Crippen LogP contribution is -2.56. The van der Waals surface area contributed by atoms with Gasteiger partial charge >= 0.3 is 5.97 Å². The van der Waals surface area contributed by atoms with E-state index < -0.39 is 0 Å². The summed E-state index contributed by atoms with van der Waals surface area (Å²) in [6.45, 7) is 8.71. The molecule has 0 spiro atoms. The molecular weight excluding hydrogens is 188 g/mol. The molecule has 0 aliphatic carbocycles. The average molecular weight is 212 g/mol. The Morgan fingerprint density at radius 3 is 2.27 bits per heavy atom. The van der Waals surface area contributed by atoms with Crippen molar-refractivity contribution in [3.63, 3.8) is 0 Å². The number of esters is 1. The number of carbonyl (C=O) groups is 1. The van der Waals surface area contributed by atoms with Gasteiger partial charge in [0.2, 0.25) is 0 Å². The molecule has 0 saturated carbocycles. The van der Waals surface area contributed by atoms with E-state index in [0.717, 1.165) is 6.42 Å². The van der Waals surface area contributed by atoms with Crippen molar-refractivity contribution in [3.05, 3.63) is 0 Å². The zero-order valence-electron chi connectivity index (χ0n) is 10.6. The quantitative estimate of drug-likeness (QED) is 0.513. The maximum atomic E-state index is 11.0. The highest BCUT2D eigenvalue weighted by molar-refractivity contribution is 5.77. The zero-order chi connectivity index (χ0) is 11.5. The van der Waals surface area contributed by atoms with Crippen LogP contribution in [0.15, 0.2) is 0 Å². The van der Waals surface area contributed by atoms with Gasteiger partial charge in [-0.05, 0) is 12.8 Å². The predicted octanol–water partition coefficient (Wildman–Crippen LogP) is 3.69. The summed E-state index contributed by atoms with van der Waals surface area (Å²) in [5.41, 5.74) is -0.0923. The molecule has 0 N–H and O–H groups in total. The second-order valence-corrected chi connectivity index (χ2v) is 5.71. The first kappa shape index (κ1) is 12.5. The van der Waals surface area contributed by atoms with Gasteiger partial charge in [0.25, 0.3) is 0 Å². The van der Waals surface area contributed by atoms with Crippen LogP contribution in [0.25, 0.3) is 0 Å². The predicted molar refractivity (Wildman–Crippen MR) is 61.7 cm³/mol. The van der Waals surface area contributed by atoms with Crippen LogP contribution in [-0.4, -0.2) is 11.6 Å². The summed E-state index contributed by atoms with van der Waals surface area (Å²) in [5, 5.41) is 0. The topological polar surface area (TPSA) is 26.3 Å². The standard InChI is InChI=1S/C13H24O2/c1-5-6-7-8-9-13(12(2,3)4)10-11(14)15-13/h5-10H2,1-4H3. The van der Waals surface area contributed by atoms with Crippen molar-refractivity contribution < 1.29 is 9.53 Å². The van der Waals surface area contributed by atoms with Gasteiger partial charge in [-0.15, -0.1) is 0 Å². The molecule has 0 bridgehead atoms.